The van der Waals surface area contributed by atoms with Crippen LogP contribution in [0.5, 0.6) is 0 Å². The summed E-state index contributed by atoms with van der Waals surface area (Å²) in [5, 5.41) is 5.69. The van der Waals surface area contributed by atoms with E-state index in [2.05, 4.69) is 29.2 Å². The number of hydrogen-bond donors (Lipinski definition) is 1. The Morgan fingerprint density at radius 2 is 1.73 bits per heavy atom. The number of nitrogens with one attached hydrogen (secondary N) is 1. The van der Waals surface area contributed by atoms with Gasteiger partial charge in [-0.3, -0.25) is 9.59 Å². The molecule has 2 fully saturated rings. The lowest BCUT2D eigenvalue weighted by molar-refractivity contribution is -0.119. The Bertz CT molecular complexity index is 875. The fraction of sp³-hybridized carbons (Fsp3) is 0.577. The minimum atomic E-state index is -0.111. The summed E-state index contributed by atoms with van der Waals surface area (Å²) in [5.41, 5.74) is 2.56. The second-order valence-corrected chi connectivity index (χ2v) is 9.44. The fourth-order valence-electron chi connectivity index (χ4n) is 4.03. The Morgan fingerprint density at radius 1 is 1.09 bits per heavy atom. The van der Waals surface area contributed by atoms with E-state index in [1.807, 2.05) is 55.3 Å². The van der Waals surface area contributed by atoms with Gasteiger partial charge in [0, 0.05) is 36.0 Å². The van der Waals surface area contributed by atoms with Crippen LogP contribution in [-0.4, -0.2) is 59.3 Å². The van der Waals surface area contributed by atoms with Gasteiger partial charge in [0.15, 0.2) is 0 Å². The summed E-state index contributed by atoms with van der Waals surface area (Å²) in [5.74, 6) is 0.0386. The summed E-state index contributed by atoms with van der Waals surface area (Å²) in [6.07, 6.45) is 4.99. The van der Waals surface area contributed by atoms with E-state index in [0.717, 1.165) is 41.2 Å². The third-order valence-corrected chi connectivity index (χ3v) is 6.82. The summed E-state index contributed by atoms with van der Waals surface area (Å²) in [4.78, 5) is 32.7. The number of carbonyl (C=O) groups excluding carboxylic acids is 2. The highest BCUT2D eigenvalue weighted by Gasteiger charge is 2.25. The molecular weight excluding hydrogens is 432 g/mol. The first-order valence-electron chi connectivity index (χ1n) is 12.2. The van der Waals surface area contributed by atoms with E-state index in [4.69, 9.17) is 0 Å². The van der Waals surface area contributed by atoms with E-state index in [9.17, 15) is 9.59 Å². The molecule has 1 N–H and O–H groups in total. The number of benzene rings is 1. The van der Waals surface area contributed by atoms with Crippen molar-refractivity contribution in [3.63, 3.8) is 0 Å². The minimum absolute atomic E-state index is 0.0685. The SMILES string of the molecule is CC.CC(=O)NC(C)c1csc(-c2ccc(C(=O)N3CCCC3C)cc2)n1.CN1CCCC1. The maximum Gasteiger partial charge on any atom is 0.254 e. The monoisotopic (exact) mass is 472 g/mol. The first-order valence-corrected chi connectivity index (χ1v) is 13.1. The van der Waals surface area contributed by atoms with E-state index in [0.29, 0.717) is 6.04 Å². The number of rotatable bonds is 4. The lowest BCUT2D eigenvalue weighted by atomic mass is 10.1. The first kappa shape index (κ1) is 27.0. The maximum absolute atomic E-state index is 12.6. The molecule has 2 atom stereocenters. The molecule has 182 valence electrons. The molecule has 1 aromatic heterocycles. The van der Waals surface area contributed by atoms with Crippen molar-refractivity contribution >= 4 is 23.2 Å². The number of nitrogens with zero attached hydrogens (tertiary/aromatic N) is 3. The summed E-state index contributed by atoms with van der Waals surface area (Å²) in [6, 6.07) is 7.85. The molecule has 6 nitrogen and oxygen atoms in total. The number of amides is 2. The normalized spacial score (nSPS) is 18.6. The molecule has 2 saturated heterocycles. The summed E-state index contributed by atoms with van der Waals surface area (Å²) < 4.78 is 0. The van der Waals surface area contributed by atoms with Crippen molar-refractivity contribution in [2.45, 2.75) is 72.4 Å². The Hall–Kier alpha value is -2.25. The highest BCUT2D eigenvalue weighted by Crippen LogP contribution is 2.27. The molecule has 2 unspecified atom stereocenters. The molecule has 0 aliphatic carbocycles. The summed E-state index contributed by atoms with van der Waals surface area (Å²) >= 11 is 1.54. The third-order valence-electron chi connectivity index (χ3n) is 5.91. The topological polar surface area (TPSA) is 65.5 Å². The van der Waals surface area contributed by atoms with Crippen LogP contribution in [0, 0.1) is 0 Å². The van der Waals surface area contributed by atoms with Gasteiger partial charge >= 0.3 is 0 Å². The highest BCUT2D eigenvalue weighted by molar-refractivity contribution is 7.13. The van der Waals surface area contributed by atoms with Gasteiger partial charge in [0.05, 0.1) is 11.7 Å². The van der Waals surface area contributed by atoms with Crippen LogP contribution >= 0.6 is 11.3 Å². The molecule has 2 aliphatic rings. The van der Waals surface area contributed by atoms with Gasteiger partial charge in [-0.25, -0.2) is 4.98 Å². The second kappa shape index (κ2) is 13.5. The maximum atomic E-state index is 12.6. The molecule has 2 amide bonds. The zero-order valence-electron chi connectivity index (χ0n) is 21.1. The molecule has 0 saturated carbocycles. The van der Waals surface area contributed by atoms with E-state index in [-0.39, 0.29) is 17.9 Å². The molecule has 4 rings (SSSR count). The number of likely N-dealkylation sites (tertiary alicyclic amines) is 2. The van der Waals surface area contributed by atoms with Gasteiger partial charge in [0.25, 0.3) is 5.91 Å². The molecule has 7 heteroatoms. The standard InChI is InChI=1S/C19H23N3O2S.C5H11N.C2H6/c1-12-5-4-10-22(12)19(24)16-8-6-15(7-9-16)18-21-17(11-25-18)13(2)20-14(3)23;1-6-4-2-3-5-6;1-2/h6-9,11-13H,4-5,10H2,1-3H3,(H,20,23);2-5H2,1H3;1-2H3. The molecule has 2 aliphatic heterocycles. The van der Waals surface area contributed by atoms with Crippen LogP contribution in [0.4, 0.5) is 0 Å². The average Bonchev–Trinajstić information content (AvgIpc) is 3.57. The van der Waals surface area contributed by atoms with Gasteiger partial charge in [0.2, 0.25) is 5.91 Å². The van der Waals surface area contributed by atoms with Crippen LogP contribution in [0.3, 0.4) is 0 Å². The van der Waals surface area contributed by atoms with Crippen molar-refractivity contribution in [3.05, 3.63) is 40.9 Å². The Kier molecular flexibility index (Phi) is 11.0. The van der Waals surface area contributed by atoms with Crippen molar-refractivity contribution in [3.8, 4) is 10.6 Å². The Balaban J connectivity index is 0.000000411. The second-order valence-electron chi connectivity index (χ2n) is 8.58. The van der Waals surface area contributed by atoms with Gasteiger partial charge < -0.3 is 15.1 Å². The van der Waals surface area contributed by atoms with Crippen molar-refractivity contribution in [1.82, 2.24) is 20.1 Å². The number of aromatic nitrogens is 1. The number of carbonyl (C=O) groups is 2. The van der Waals surface area contributed by atoms with Crippen LogP contribution in [0.1, 0.15) is 82.4 Å². The molecular formula is C26H40N4O2S. The van der Waals surface area contributed by atoms with E-state index < -0.39 is 0 Å². The molecule has 33 heavy (non-hydrogen) atoms. The lowest BCUT2D eigenvalue weighted by Gasteiger charge is -2.21. The third kappa shape index (κ3) is 7.93. The fourth-order valence-corrected chi connectivity index (χ4v) is 4.95. The van der Waals surface area contributed by atoms with Gasteiger partial charge in [-0.05, 0) is 71.8 Å². The van der Waals surface area contributed by atoms with Crippen molar-refractivity contribution < 1.29 is 9.59 Å². The van der Waals surface area contributed by atoms with Crippen LogP contribution in [0.25, 0.3) is 10.6 Å². The van der Waals surface area contributed by atoms with Crippen molar-refractivity contribution in [2.24, 2.45) is 0 Å². The largest absolute Gasteiger partial charge is 0.348 e. The zero-order chi connectivity index (χ0) is 24.4. The minimum Gasteiger partial charge on any atom is -0.348 e. The molecule has 1 aromatic carbocycles. The van der Waals surface area contributed by atoms with Gasteiger partial charge in [0.1, 0.15) is 5.01 Å². The molecule has 2 aromatic rings. The predicted octanol–water partition coefficient (Wildman–Crippen LogP) is 5.37. The Labute approximate surface area is 203 Å². The van der Waals surface area contributed by atoms with Gasteiger partial charge in [-0.15, -0.1) is 11.3 Å². The lowest BCUT2D eigenvalue weighted by Crippen LogP contribution is -2.33. The van der Waals surface area contributed by atoms with Crippen LogP contribution < -0.4 is 5.32 Å². The van der Waals surface area contributed by atoms with Gasteiger partial charge in [-0.2, -0.15) is 0 Å². The van der Waals surface area contributed by atoms with E-state index >= 15 is 0 Å². The van der Waals surface area contributed by atoms with Gasteiger partial charge in [-0.1, -0.05) is 26.0 Å². The molecule has 0 radical (unpaired) electrons. The molecule has 3 heterocycles. The Morgan fingerprint density at radius 3 is 2.21 bits per heavy atom. The summed E-state index contributed by atoms with van der Waals surface area (Å²) in [6.45, 7) is 13.0. The number of thiazole rings is 1. The quantitative estimate of drug-likeness (QED) is 0.650. The smallest absolute Gasteiger partial charge is 0.254 e. The summed E-state index contributed by atoms with van der Waals surface area (Å²) in [7, 11) is 2.17. The van der Waals surface area contributed by atoms with Crippen LogP contribution in [0.15, 0.2) is 29.6 Å². The molecule has 0 bridgehead atoms. The average molecular weight is 473 g/mol. The number of hydrogen-bond acceptors (Lipinski definition) is 5. The van der Waals surface area contributed by atoms with E-state index in [1.54, 1.807) is 11.3 Å². The highest BCUT2D eigenvalue weighted by atomic mass is 32.1. The predicted molar refractivity (Wildman–Crippen MR) is 138 cm³/mol. The van der Waals surface area contributed by atoms with E-state index in [1.165, 1.54) is 32.9 Å². The van der Waals surface area contributed by atoms with Crippen molar-refractivity contribution in [1.29, 1.82) is 0 Å². The van der Waals surface area contributed by atoms with Crippen molar-refractivity contribution in [2.75, 3.05) is 26.7 Å². The van der Waals surface area contributed by atoms with Crippen LogP contribution in [0.2, 0.25) is 0 Å². The zero-order valence-corrected chi connectivity index (χ0v) is 21.9. The first-order chi connectivity index (χ1) is 15.8. The molecule has 0 spiro atoms. The van der Waals surface area contributed by atoms with Crippen LogP contribution in [-0.2, 0) is 4.79 Å².